The maximum absolute atomic E-state index is 12.2. The second kappa shape index (κ2) is 38.2. The Morgan fingerprint density at radius 3 is 1.01 bits per heavy atom. The van der Waals surface area contributed by atoms with Crippen LogP contribution in [0.3, 0.4) is 0 Å². The van der Waals surface area contributed by atoms with Crippen LogP contribution in [0, 0.1) is 0 Å². The van der Waals surface area contributed by atoms with E-state index in [0.717, 1.165) is 37.8 Å². The van der Waals surface area contributed by atoms with E-state index in [1.165, 1.54) is 166 Å². The van der Waals surface area contributed by atoms with Crippen molar-refractivity contribution < 1.29 is 57.1 Å². The predicted octanol–water partition coefficient (Wildman–Crippen LogP) is 12.2. The van der Waals surface area contributed by atoms with Crippen LogP contribution in [0.4, 0.5) is 0 Å². The molecule has 0 N–H and O–H groups in total. The van der Waals surface area contributed by atoms with Crippen molar-refractivity contribution in [1.29, 1.82) is 0 Å². The molecule has 8 atom stereocenters. The van der Waals surface area contributed by atoms with Gasteiger partial charge in [-0.2, -0.15) is 0 Å². The zero-order chi connectivity index (χ0) is 48.9. The van der Waals surface area contributed by atoms with E-state index in [1.54, 1.807) is 0 Å². The van der Waals surface area contributed by atoms with Crippen molar-refractivity contribution >= 4 is 23.9 Å². The van der Waals surface area contributed by atoms with E-state index in [2.05, 4.69) is 39.2 Å². The number of hydrogen-bond acceptors (Lipinski definition) is 12. The number of rotatable bonds is 22. The van der Waals surface area contributed by atoms with Gasteiger partial charge in [-0.15, -0.1) is 0 Å². The molecule has 0 aromatic heterocycles. The van der Waals surface area contributed by atoms with Crippen molar-refractivity contribution in [2.45, 2.75) is 242 Å². The second-order valence-electron chi connectivity index (χ2n) is 18.7. The van der Waals surface area contributed by atoms with Crippen LogP contribution >= 0.6 is 0 Å². The quantitative estimate of drug-likeness (QED) is 0.0335. The Labute approximate surface area is 410 Å². The van der Waals surface area contributed by atoms with Crippen LogP contribution in [0.1, 0.15) is 194 Å². The lowest BCUT2D eigenvalue weighted by molar-refractivity contribution is -0.150. The Kier molecular flexibility index (Phi) is 33.0. The molecule has 0 spiro atoms. The highest BCUT2D eigenvalue weighted by Crippen LogP contribution is 2.32. The molecule has 8 unspecified atom stereocenters. The van der Waals surface area contributed by atoms with Crippen molar-refractivity contribution in [1.82, 2.24) is 0 Å². The highest BCUT2D eigenvalue weighted by Gasteiger charge is 2.52. The monoisotopic (exact) mass is 955 g/mol. The molecule has 0 aromatic carbocycles. The summed E-state index contributed by atoms with van der Waals surface area (Å²) in [4.78, 5) is 46.5. The minimum atomic E-state index is -0.528. The molecule has 12 heteroatoms. The Bertz CT molecular complexity index is 1380. The zero-order valence-electron chi connectivity index (χ0n) is 42.2. The molecule has 4 heterocycles. The Hall–Kier alpha value is -3.58. The maximum Gasteiger partial charge on any atom is 0.330 e. The first kappa shape index (κ1) is 58.7. The third kappa shape index (κ3) is 25.3. The highest BCUT2D eigenvalue weighted by molar-refractivity contribution is 5.83. The van der Waals surface area contributed by atoms with Crippen LogP contribution in [0.15, 0.2) is 61.8 Å². The van der Waals surface area contributed by atoms with Gasteiger partial charge >= 0.3 is 23.9 Å². The van der Waals surface area contributed by atoms with Crippen molar-refractivity contribution in [3.63, 3.8) is 0 Å². The average Bonchev–Trinajstić information content (AvgIpc) is 4.14. The number of hydrogen-bond donors (Lipinski definition) is 0. The molecule has 5 rings (SSSR count). The Balaban J connectivity index is 0.000000300. The van der Waals surface area contributed by atoms with Gasteiger partial charge in [-0.3, -0.25) is 0 Å². The molecule has 4 aliphatic heterocycles. The minimum absolute atomic E-state index is 0.219. The molecule has 1 aliphatic carbocycles. The van der Waals surface area contributed by atoms with Crippen LogP contribution < -0.4 is 0 Å². The average molecular weight is 955 g/mol. The molecule has 12 nitrogen and oxygen atoms in total. The van der Waals surface area contributed by atoms with E-state index in [9.17, 15) is 19.2 Å². The first-order valence-corrected chi connectivity index (χ1v) is 26.8. The summed E-state index contributed by atoms with van der Waals surface area (Å²) in [5.74, 6) is -1.80. The number of allylic oxidation sites excluding steroid dienone is 4. The van der Waals surface area contributed by atoms with Gasteiger partial charge in [0.15, 0.2) is 24.4 Å². The van der Waals surface area contributed by atoms with E-state index >= 15 is 0 Å². The van der Waals surface area contributed by atoms with E-state index in [4.69, 9.17) is 37.9 Å². The Morgan fingerprint density at radius 2 is 0.706 bits per heavy atom. The topological polar surface area (TPSA) is 142 Å². The van der Waals surface area contributed by atoms with Crippen LogP contribution in [0.5, 0.6) is 0 Å². The Morgan fingerprint density at radius 1 is 0.426 bits per heavy atom. The van der Waals surface area contributed by atoms with Gasteiger partial charge in [-0.25, -0.2) is 19.2 Å². The fraction of sp³-hybridized carbons (Fsp3) is 0.750. The lowest BCUT2D eigenvalue weighted by atomic mass is 10.0. The van der Waals surface area contributed by atoms with E-state index in [1.807, 2.05) is 12.2 Å². The molecule has 4 fully saturated rings. The van der Waals surface area contributed by atoms with Gasteiger partial charge in [0, 0.05) is 24.3 Å². The molecule has 0 radical (unpaired) electrons. The van der Waals surface area contributed by atoms with Crippen molar-refractivity contribution in [3.8, 4) is 0 Å². The van der Waals surface area contributed by atoms with Crippen molar-refractivity contribution in [2.24, 2.45) is 0 Å². The standard InChI is InChI=1S/C28H46O6.C16H30.C12H14O6/c1-3-5-7-9-11-13-15-17-19-25(29)33-23-21-31-28-24(22-32-27(23)28)34-26(30)20-18-16-14-12-10-8-6-4-2;1-2-4-6-8-10-12-14-16-15-13-11-9-7-5-3-1;1-3-9(13)17-7-5-15-12-8(6-16-11(7)12)18-10(14)4-2/h17-20,23-24,27-28H,3-16,21-22H2,1-2H3;1-2H,3-16H2;3-4,7-8,11-12H,1-2,5-6H2/b19-17+,20-18+;;. The third-order valence-corrected chi connectivity index (χ3v) is 12.9. The molecule has 386 valence electrons. The summed E-state index contributed by atoms with van der Waals surface area (Å²) in [5.41, 5.74) is 0. The lowest BCUT2D eigenvalue weighted by Gasteiger charge is -2.16. The van der Waals surface area contributed by atoms with Gasteiger partial charge in [-0.05, 0) is 51.4 Å². The van der Waals surface area contributed by atoms with E-state index in [0.29, 0.717) is 0 Å². The second-order valence-corrected chi connectivity index (χ2v) is 18.7. The number of carbonyl (C=O) groups excluding carboxylic acids is 4. The van der Waals surface area contributed by atoms with Crippen molar-refractivity contribution in [2.75, 3.05) is 26.4 Å². The lowest BCUT2D eigenvalue weighted by Crippen LogP contribution is -2.35. The summed E-state index contributed by atoms with van der Waals surface area (Å²) in [7, 11) is 0. The van der Waals surface area contributed by atoms with Gasteiger partial charge in [-0.1, -0.05) is 180 Å². The molecule has 4 saturated heterocycles. The highest BCUT2D eigenvalue weighted by atomic mass is 16.7. The molecule has 0 aromatic rings. The van der Waals surface area contributed by atoms with Crippen LogP contribution in [-0.4, -0.2) is 99.1 Å². The molecular formula is C56H90O12. The molecule has 0 amide bonds. The van der Waals surface area contributed by atoms with E-state index < -0.39 is 48.6 Å². The number of ether oxygens (including phenoxy) is 8. The van der Waals surface area contributed by atoms with Crippen LogP contribution in [0.25, 0.3) is 0 Å². The van der Waals surface area contributed by atoms with Gasteiger partial charge in [0.1, 0.15) is 24.4 Å². The maximum atomic E-state index is 12.2. The number of fused-ring (bicyclic) bond motifs is 2. The first-order valence-electron chi connectivity index (χ1n) is 26.8. The fourth-order valence-electron chi connectivity index (χ4n) is 9.01. The van der Waals surface area contributed by atoms with E-state index in [-0.39, 0.29) is 50.6 Å². The van der Waals surface area contributed by atoms with Gasteiger partial charge in [0.05, 0.1) is 26.4 Å². The van der Waals surface area contributed by atoms with Gasteiger partial charge in [0.25, 0.3) is 0 Å². The SMILES string of the molecule is C1=CCCCCCCCCCCCCCC1.C=CC(=O)OC1COC2C(OC(=O)C=C)COC12.CCCCCCCC/C=C/C(=O)OC1COC2C(OC(=O)/C=C/CCCCCCCC)COC12. The summed E-state index contributed by atoms with van der Waals surface area (Å²) < 4.78 is 43.6. The van der Waals surface area contributed by atoms with Crippen LogP contribution in [-0.2, 0) is 57.1 Å². The summed E-state index contributed by atoms with van der Waals surface area (Å²) in [6, 6.07) is 0. The minimum Gasteiger partial charge on any atom is -0.454 e. The number of carbonyl (C=O) groups is 4. The summed E-state index contributed by atoms with van der Waals surface area (Å²) in [6.07, 6.45) is 46.9. The first-order chi connectivity index (χ1) is 33.3. The van der Waals surface area contributed by atoms with Crippen LogP contribution in [0.2, 0.25) is 0 Å². The summed E-state index contributed by atoms with van der Waals surface area (Å²) >= 11 is 0. The molecule has 0 saturated carbocycles. The fourth-order valence-corrected chi connectivity index (χ4v) is 9.01. The molecule has 0 bridgehead atoms. The van der Waals surface area contributed by atoms with Gasteiger partial charge in [0.2, 0.25) is 0 Å². The number of unbranched alkanes of at least 4 members (excludes halogenated alkanes) is 12. The normalized spacial score (nSPS) is 26.4. The summed E-state index contributed by atoms with van der Waals surface area (Å²) in [5, 5.41) is 0. The summed E-state index contributed by atoms with van der Waals surface area (Å²) in [6.45, 7) is 12.0. The third-order valence-electron chi connectivity index (χ3n) is 12.9. The largest absolute Gasteiger partial charge is 0.454 e. The molecule has 5 aliphatic rings. The van der Waals surface area contributed by atoms with Gasteiger partial charge < -0.3 is 37.9 Å². The molecular weight excluding hydrogens is 865 g/mol. The number of esters is 4. The predicted molar refractivity (Wildman–Crippen MR) is 267 cm³/mol. The zero-order valence-corrected chi connectivity index (χ0v) is 42.2. The van der Waals surface area contributed by atoms with Crippen molar-refractivity contribution in [3.05, 3.63) is 61.8 Å². The smallest absolute Gasteiger partial charge is 0.330 e. The molecule has 68 heavy (non-hydrogen) atoms.